The molecule has 2 aromatic rings. The van der Waals surface area contributed by atoms with E-state index >= 15 is 0 Å². The SMILES string of the molecule is O=C1C(=Cc2ccccc2Br)Oc2cc(O)ccc21. The molecule has 0 radical (unpaired) electrons. The van der Waals surface area contributed by atoms with Crippen LogP contribution in [0.4, 0.5) is 0 Å². The van der Waals surface area contributed by atoms with Crippen LogP contribution in [0, 0.1) is 0 Å². The number of Topliss-reactive ketones (excluding diaryl/α,β-unsaturated/α-hetero) is 1. The summed E-state index contributed by atoms with van der Waals surface area (Å²) in [5, 5.41) is 9.38. The molecule has 0 saturated heterocycles. The fraction of sp³-hybridized carbons (Fsp3) is 0. The number of carbonyl (C=O) groups excluding carboxylic acids is 1. The van der Waals surface area contributed by atoms with Gasteiger partial charge in [0.2, 0.25) is 5.78 Å². The lowest BCUT2D eigenvalue weighted by molar-refractivity contribution is 0.101. The van der Waals surface area contributed by atoms with E-state index in [0.717, 1.165) is 10.0 Å². The van der Waals surface area contributed by atoms with Crippen molar-refractivity contribution < 1.29 is 14.6 Å². The van der Waals surface area contributed by atoms with E-state index in [9.17, 15) is 9.90 Å². The zero-order valence-corrected chi connectivity index (χ0v) is 11.3. The number of hydrogen-bond donors (Lipinski definition) is 1. The highest BCUT2D eigenvalue weighted by molar-refractivity contribution is 9.10. The number of halogens is 1. The van der Waals surface area contributed by atoms with Gasteiger partial charge in [0.25, 0.3) is 0 Å². The summed E-state index contributed by atoms with van der Waals surface area (Å²) in [6, 6.07) is 12.0. The molecule has 0 saturated carbocycles. The van der Waals surface area contributed by atoms with Crippen LogP contribution in [-0.4, -0.2) is 10.9 Å². The van der Waals surface area contributed by atoms with E-state index in [1.165, 1.54) is 12.1 Å². The standard InChI is InChI=1S/C15H9BrO3/c16-12-4-2-1-3-9(12)7-14-15(18)11-6-5-10(17)8-13(11)19-14/h1-8,17H. The molecule has 19 heavy (non-hydrogen) atoms. The third kappa shape index (κ3) is 2.15. The molecule has 0 atom stereocenters. The van der Waals surface area contributed by atoms with Crippen LogP contribution >= 0.6 is 15.9 Å². The van der Waals surface area contributed by atoms with E-state index in [2.05, 4.69) is 15.9 Å². The molecule has 0 aromatic heterocycles. The van der Waals surface area contributed by atoms with Crippen molar-refractivity contribution in [3.05, 3.63) is 63.8 Å². The predicted octanol–water partition coefficient (Wildman–Crippen LogP) is 3.77. The number of benzene rings is 2. The Kier molecular flexibility index (Phi) is 2.87. The number of carbonyl (C=O) groups is 1. The lowest BCUT2D eigenvalue weighted by Crippen LogP contribution is -1.98. The van der Waals surface area contributed by atoms with Gasteiger partial charge in [-0.2, -0.15) is 0 Å². The first kappa shape index (κ1) is 12.0. The van der Waals surface area contributed by atoms with E-state index in [1.807, 2.05) is 24.3 Å². The number of allylic oxidation sites excluding steroid dienone is 1. The number of ether oxygens (including phenoxy) is 1. The minimum absolute atomic E-state index is 0.0775. The Bertz CT molecular complexity index is 704. The molecule has 0 amide bonds. The highest BCUT2D eigenvalue weighted by Crippen LogP contribution is 2.34. The predicted molar refractivity (Wildman–Crippen MR) is 75.2 cm³/mol. The van der Waals surface area contributed by atoms with E-state index in [1.54, 1.807) is 12.1 Å². The Balaban J connectivity index is 2.02. The number of hydrogen-bond acceptors (Lipinski definition) is 3. The van der Waals surface area contributed by atoms with Crippen LogP contribution in [-0.2, 0) is 0 Å². The molecule has 0 spiro atoms. The largest absolute Gasteiger partial charge is 0.508 e. The molecule has 94 valence electrons. The fourth-order valence-corrected chi connectivity index (χ4v) is 2.31. The van der Waals surface area contributed by atoms with E-state index in [0.29, 0.717) is 11.3 Å². The average molecular weight is 317 g/mol. The topological polar surface area (TPSA) is 46.5 Å². The molecule has 1 heterocycles. The highest BCUT2D eigenvalue weighted by atomic mass is 79.9. The average Bonchev–Trinajstić information content (AvgIpc) is 2.68. The van der Waals surface area contributed by atoms with Gasteiger partial charge in [-0.15, -0.1) is 0 Å². The Morgan fingerprint density at radius 1 is 1.16 bits per heavy atom. The summed E-state index contributed by atoms with van der Waals surface area (Å²) >= 11 is 3.42. The zero-order chi connectivity index (χ0) is 13.4. The molecular formula is C15H9BrO3. The highest BCUT2D eigenvalue weighted by Gasteiger charge is 2.27. The minimum Gasteiger partial charge on any atom is -0.508 e. The van der Waals surface area contributed by atoms with Crippen LogP contribution in [0.25, 0.3) is 6.08 Å². The smallest absolute Gasteiger partial charge is 0.231 e. The van der Waals surface area contributed by atoms with Gasteiger partial charge >= 0.3 is 0 Å². The van der Waals surface area contributed by atoms with E-state index < -0.39 is 0 Å². The summed E-state index contributed by atoms with van der Waals surface area (Å²) < 4.78 is 6.38. The third-order valence-electron chi connectivity index (χ3n) is 2.85. The molecule has 0 fully saturated rings. The van der Waals surface area contributed by atoms with Gasteiger partial charge in [-0.05, 0) is 29.8 Å². The summed E-state index contributed by atoms with van der Waals surface area (Å²) in [6.45, 7) is 0. The van der Waals surface area contributed by atoms with Crippen molar-refractivity contribution in [3.63, 3.8) is 0 Å². The van der Waals surface area contributed by atoms with Crippen molar-refractivity contribution >= 4 is 27.8 Å². The van der Waals surface area contributed by atoms with Crippen LogP contribution < -0.4 is 4.74 Å². The number of phenolic OH excluding ortho intramolecular Hbond substituents is 1. The molecule has 1 N–H and O–H groups in total. The second-order valence-electron chi connectivity index (χ2n) is 4.14. The Hall–Kier alpha value is -2.07. The van der Waals surface area contributed by atoms with Crippen LogP contribution in [0.2, 0.25) is 0 Å². The summed E-state index contributed by atoms with van der Waals surface area (Å²) in [6.07, 6.45) is 1.68. The Morgan fingerprint density at radius 2 is 1.95 bits per heavy atom. The number of fused-ring (bicyclic) bond motifs is 1. The van der Waals surface area contributed by atoms with Crippen LogP contribution in [0.1, 0.15) is 15.9 Å². The van der Waals surface area contributed by atoms with Crippen LogP contribution in [0.15, 0.2) is 52.7 Å². The Morgan fingerprint density at radius 3 is 2.74 bits per heavy atom. The quantitative estimate of drug-likeness (QED) is 0.815. The van der Waals surface area contributed by atoms with Gasteiger partial charge in [-0.1, -0.05) is 34.1 Å². The van der Waals surface area contributed by atoms with Crippen molar-refractivity contribution in [2.45, 2.75) is 0 Å². The van der Waals surface area contributed by atoms with Crippen molar-refractivity contribution in [1.29, 1.82) is 0 Å². The van der Waals surface area contributed by atoms with Gasteiger partial charge in [0, 0.05) is 10.5 Å². The molecule has 4 heteroatoms. The van der Waals surface area contributed by atoms with E-state index in [-0.39, 0.29) is 17.3 Å². The minimum atomic E-state index is -0.175. The van der Waals surface area contributed by atoms with Crippen LogP contribution in [0.5, 0.6) is 11.5 Å². The maximum absolute atomic E-state index is 12.1. The third-order valence-corrected chi connectivity index (χ3v) is 3.57. The monoisotopic (exact) mass is 316 g/mol. The molecule has 1 aliphatic rings. The first-order valence-corrected chi connectivity index (χ1v) is 6.46. The van der Waals surface area contributed by atoms with Gasteiger partial charge in [-0.25, -0.2) is 0 Å². The normalized spacial score (nSPS) is 15.4. The lowest BCUT2D eigenvalue weighted by Gasteiger charge is -2.00. The van der Waals surface area contributed by atoms with Crippen LogP contribution in [0.3, 0.4) is 0 Å². The molecular weight excluding hydrogens is 308 g/mol. The Labute approximate surface area is 118 Å². The van der Waals surface area contributed by atoms with Crippen molar-refractivity contribution in [2.75, 3.05) is 0 Å². The number of phenols is 1. The van der Waals surface area contributed by atoms with Gasteiger partial charge in [0.15, 0.2) is 5.76 Å². The summed E-state index contributed by atoms with van der Waals surface area (Å²) in [5.74, 6) is 0.551. The zero-order valence-electron chi connectivity index (χ0n) is 9.76. The van der Waals surface area contributed by atoms with Gasteiger partial charge < -0.3 is 9.84 Å². The first-order chi connectivity index (χ1) is 9.15. The van der Waals surface area contributed by atoms with E-state index in [4.69, 9.17) is 4.74 Å². The molecule has 0 unspecified atom stereocenters. The first-order valence-electron chi connectivity index (χ1n) is 5.67. The van der Waals surface area contributed by atoms with Gasteiger partial charge in [0.05, 0.1) is 5.56 Å². The molecule has 1 aliphatic heterocycles. The molecule has 3 nitrogen and oxygen atoms in total. The maximum Gasteiger partial charge on any atom is 0.231 e. The molecule has 3 rings (SSSR count). The molecule has 2 aromatic carbocycles. The van der Waals surface area contributed by atoms with Crippen molar-refractivity contribution in [3.8, 4) is 11.5 Å². The second-order valence-corrected chi connectivity index (χ2v) is 5.00. The fourth-order valence-electron chi connectivity index (χ4n) is 1.91. The second kappa shape index (κ2) is 4.55. The van der Waals surface area contributed by atoms with Crippen molar-refractivity contribution in [2.24, 2.45) is 0 Å². The van der Waals surface area contributed by atoms with Gasteiger partial charge in [0.1, 0.15) is 11.5 Å². The number of aromatic hydroxyl groups is 1. The van der Waals surface area contributed by atoms with Gasteiger partial charge in [-0.3, -0.25) is 4.79 Å². The summed E-state index contributed by atoms with van der Waals surface area (Å²) in [5.41, 5.74) is 1.33. The number of ketones is 1. The lowest BCUT2D eigenvalue weighted by atomic mass is 10.1. The van der Waals surface area contributed by atoms with Crippen molar-refractivity contribution in [1.82, 2.24) is 0 Å². The summed E-state index contributed by atoms with van der Waals surface area (Å²) in [4.78, 5) is 12.1. The number of rotatable bonds is 1. The maximum atomic E-state index is 12.1. The molecule has 0 bridgehead atoms. The molecule has 0 aliphatic carbocycles. The summed E-state index contributed by atoms with van der Waals surface area (Å²) in [7, 11) is 0.